The van der Waals surface area contributed by atoms with Gasteiger partial charge in [0.1, 0.15) is 11.9 Å². The van der Waals surface area contributed by atoms with Gasteiger partial charge in [0, 0.05) is 23.1 Å². The van der Waals surface area contributed by atoms with Crippen molar-refractivity contribution in [3.05, 3.63) is 113 Å². The van der Waals surface area contributed by atoms with Crippen LogP contribution in [0.25, 0.3) is 5.76 Å². The van der Waals surface area contributed by atoms with Gasteiger partial charge in [0.2, 0.25) is 0 Å². The van der Waals surface area contributed by atoms with E-state index in [1.54, 1.807) is 0 Å². The first kappa shape index (κ1) is 15.4. The molecule has 2 nitrogen and oxygen atoms in total. The van der Waals surface area contributed by atoms with E-state index in [9.17, 15) is 4.79 Å². The lowest BCUT2D eigenvalue weighted by Gasteiger charge is -2.13. The fraction of sp³-hybridized carbons (Fsp3) is 0.0870. The van der Waals surface area contributed by atoms with Crippen molar-refractivity contribution in [2.24, 2.45) is 0 Å². The number of benzene rings is 3. The molecule has 1 heterocycles. The molecule has 0 N–H and O–H groups in total. The van der Waals surface area contributed by atoms with Crippen LogP contribution in [0.3, 0.4) is 0 Å². The van der Waals surface area contributed by atoms with E-state index in [0.717, 1.165) is 16.7 Å². The Morgan fingerprint density at radius 2 is 1.32 bits per heavy atom. The molecule has 0 unspecified atom stereocenters. The zero-order valence-corrected chi connectivity index (χ0v) is 13.8. The van der Waals surface area contributed by atoms with Crippen molar-refractivity contribution in [2.75, 3.05) is 0 Å². The maximum Gasteiger partial charge on any atom is 0.192 e. The first-order valence-electron chi connectivity index (χ1n) is 8.43. The molecule has 0 fully saturated rings. The molecule has 0 aromatic heterocycles. The van der Waals surface area contributed by atoms with E-state index in [2.05, 4.69) is 0 Å². The van der Waals surface area contributed by atoms with Gasteiger partial charge in [-0.05, 0) is 5.56 Å². The van der Waals surface area contributed by atoms with Crippen molar-refractivity contribution in [3.8, 4) is 0 Å². The molecule has 0 amide bonds. The second-order valence-corrected chi connectivity index (χ2v) is 6.09. The molecule has 0 saturated heterocycles. The second-order valence-electron chi connectivity index (χ2n) is 6.09. The first-order valence-corrected chi connectivity index (χ1v) is 8.43. The average Bonchev–Trinajstić information content (AvgIpc) is 3.15. The largest absolute Gasteiger partial charge is 0.484 e. The molecule has 0 saturated carbocycles. The van der Waals surface area contributed by atoms with Crippen LogP contribution >= 0.6 is 0 Å². The van der Waals surface area contributed by atoms with E-state index in [1.165, 1.54) is 0 Å². The number of ether oxygens (including phenoxy) is 1. The van der Waals surface area contributed by atoms with Gasteiger partial charge < -0.3 is 4.74 Å². The molecule has 0 aliphatic carbocycles. The van der Waals surface area contributed by atoms with Crippen LogP contribution in [0.15, 0.2) is 96.6 Å². The fourth-order valence-electron chi connectivity index (χ4n) is 3.18. The van der Waals surface area contributed by atoms with E-state index >= 15 is 0 Å². The van der Waals surface area contributed by atoms with E-state index in [0.29, 0.717) is 17.7 Å². The van der Waals surface area contributed by atoms with Crippen LogP contribution in [-0.4, -0.2) is 5.78 Å². The summed E-state index contributed by atoms with van der Waals surface area (Å²) >= 11 is 0. The third-order valence-electron chi connectivity index (χ3n) is 4.44. The molecule has 122 valence electrons. The van der Waals surface area contributed by atoms with Crippen LogP contribution in [0.5, 0.6) is 0 Å². The molecular weight excluding hydrogens is 308 g/mol. The van der Waals surface area contributed by atoms with Crippen LogP contribution in [-0.2, 0) is 4.74 Å². The van der Waals surface area contributed by atoms with Gasteiger partial charge in [-0.2, -0.15) is 0 Å². The Morgan fingerprint density at radius 3 is 1.96 bits per heavy atom. The highest BCUT2D eigenvalue weighted by atomic mass is 16.5. The Morgan fingerprint density at radius 1 is 0.760 bits per heavy atom. The summed E-state index contributed by atoms with van der Waals surface area (Å²) in [6.07, 6.45) is 0.459. The molecule has 4 rings (SSSR count). The molecule has 3 aromatic rings. The Kier molecular flexibility index (Phi) is 4.17. The molecule has 25 heavy (non-hydrogen) atoms. The molecular formula is C23H18O2. The second kappa shape index (κ2) is 6.78. The summed E-state index contributed by atoms with van der Waals surface area (Å²) in [4.78, 5) is 13.1. The molecule has 0 spiro atoms. The van der Waals surface area contributed by atoms with Gasteiger partial charge in [-0.1, -0.05) is 91.0 Å². The Labute approximate surface area is 147 Å². The van der Waals surface area contributed by atoms with Crippen molar-refractivity contribution in [1.82, 2.24) is 0 Å². The van der Waals surface area contributed by atoms with Crippen molar-refractivity contribution >= 4 is 11.5 Å². The number of hydrogen-bond donors (Lipinski definition) is 0. The summed E-state index contributed by atoms with van der Waals surface area (Å²) in [5.74, 6) is 0.737. The smallest absolute Gasteiger partial charge is 0.192 e. The summed E-state index contributed by atoms with van der Waals surface area (Å²) in [5, 5.41) is 0. The molecule has 0 radical (unpaired) electrons. The van der Waals surface area contributed by atoms with Gasteiger partial charge in [0.15, 0.2) is 5.78 Å². The molecule has 1 aliphatic heterocycles. The van der Waals surface area contributed by atoms with Crippen LogP contribution in [0.1, 0.15) is 34.0 Å². The van der Waals surface area contributed by atoms with E-state index in [1.807, 2.05) is 91.0 Å². The average molecular weight is 326 g/mol. The Bertz CT molecular complexity index is 897. The monoisotopic (exact) mass is 326 g/mol. The highest BCUT2D eigenvalue weighted by Gasteiger charge is 2.32. The van der Waals surface area contributed by atoms with Crippen molar-refractivity contribution in [2.45, 2.75) is 12.5 Å². The van der Waals surface area contributed by atoms with Gasteiger partial charge in [-0.3, -0.25) is 4.79 Å². The minimum Gasteiger partial charge on any atom is -0.484 e. The van der Waals surface area contributed by atoms with Crippen molar-refractivity contribution < 1.29 is 9.53 Å². The van der Waals surface area contributed by atoms with Crippen LogP contribution in [0.2, 0.25) is 0 Å². The Hall–Kier alpha value is -3.13. The summed E-state index contributed by atoms with van der Waals surface area (Å²) < 4.78 is 6.25. The summed E-state index contributed by atoms with van der Waals surface area (Å²) in [5.41, 5.74) is 3.47. The van der Waals surface area contributed by atoms with Gasteiger partial charge >= 0.3 is 0 Å². The topological polar surface area (TPSA) is 26.3 Å². The molecule has 1 aliphatic rings. The van der Waals surface area contributed by atoms with Crippen LogP contribution < -0.4 is 0 Å². The summed E-state index contributed by atoms with van der Waals surface area (Å²) in [7, 11) is 0. The third-order valence-corrected chi connectivity index (χ3v) is 4.44. The zero-order valence-electron chi connectivity index (χ0n) is 13.8. The maximum atomic E-state index is 13.1. The number of carbonyl (C=O) groups is 1. The maximum absolute atomic E-state index is 13.1. The molecule has 3 aromatic carbocycles. The lowest BCUT2D eigenvalue weighted by atomic mass is 9.95. The normalized spacial score (nSPS) is 16.6. The number of Topliss-reactive ketones (excluding diaryl/α,β-unsaturated/α-hetero) is 1. The van der Waals surface area contributed by atoms with Crippen LogP contribution in [0, 0.1) is 0 Å². The minimum atomic E-state index is -0.126. The van der Waals surface area contributed by atoms with Gasteiger partial charge in [0.25, 0.3) is 0 Å². The summed E-state index contributed by atoms with van der Waals surface area (Å²) in [6.45, 7) is 0. The van der Waals surface area contributed by atoms with Gasteiger partial charge in [0.05, 0.1) is 0 Å². The van der Waals surface area contributed by atoms with Gasteiger partial charge in [-0.25, -0.2) is 0 Å². The SMILES string of the molecule is O=C(C1=C(c2ccccc2)O[C@H](c2ccccc2)C1)c1ccccc1. The Balaban J connectivity index is 1.74. The molecule has 0 bridgehead atoms. The fourth-order valence-corrected chi connectivity index (χ4v) is 3.18. The number of ketones is 1. The zero-order chi connectivity index (χ0) is 17.1. The lowest BCUT2D eigenvalue weighted by molar-refractivity contribution is 0.103. The summed E-state index contributed by atoms with van der Waals surface area (Å²) in [6, 6.07) is 29.3. The predicted octanol–water partition coefficient (Wildman–Crippen LogP) is 5.44. The molecule has 2 heteroatoms. The van der Waals surface area contributed by atoms with Crippen molar-refractivity contribution in [3.63, 3.8) is 0 Å². The highest BCUT2D eigenvalue weighted by molar-refractivity contribution is 6.13. The minimum absolute atomic E-state index is 0.0397. The molecule has 1 atom stereocenters. The number of carbonyl (C=O) groups excluding carboxylic acids is 1. The standard InChI is InChI=1S/C23H18O2/c24-22(18-12-6-2-7-13-18)20-16-21(17-10-4-1-5-11-17)25-23(20)19-14-8-3-9-15-19/h1-15,21H,16H2/t21-/m0/s1. The highest BCUT2D eigenvalue weighted by Crippen LogP contribution is 2.41. The van der Waals surface area contributed by atoms with Gasteiger partial charge in [-0.15, -0.1) is 0 Å². The van der Waals surface area contributed by atoms with Crippen molar-refractivity contribution in [1.29, 1.82) is 0 Å². The van der Waals surface area contributed by atoms with E-state index in [-0.39, 0.29) is 11.9 Å². The van der Waals surface area contributed by atoms with Crippen LogP contribution in [0.4, 0.5) is 0 Å². The lowest BCUT2D eigenvalue weighted by Crippen LogP contribution is -2.04. The number of hydrogen-bond acceptors (Lipinski definition) is 2. The van der Waals surface area contributed by atoms with E-state index < -0.39 is 0 Å². The quantitative estimate of drug-likeness (QED) is 0.597. The number of rotatable bonds is 4. The first-order chi connectivity index (χ1) is 12.3. The predicted molar refractivity (Wildman–Crippen MR) is 99.0 cm³/mol. The third kappa shape index (κ3) is 3.11. The van der Waals surface area contributed by atoms with E-state index in [4.69, 9.17) is 4.74 Å².